The third kappa shape index (κ3) is 3.00. The lowest BCUT2D eigenvalue weighted by molar-refractivity contribution is -0.148. The predicted molar refractivity (Wildman–Crippen MR) is 56.2 cm³/mol. The number of nitrogens with zero attached hydrogens (tertiary/aromatic N) is 1. The SMILES string of the molecule is C=C(Cl)CN1CCCC1C(=O)OCC. The van der Waals surface area contributed by atoms with E-state index in [1.165, 1.54) is 0 Å². The monoisotopic (exact) mass is 217 g/mol. The average Bonchev–Trinajstić information content (AvgIpc) is 2.51. The van der Waals surface area contributed by atoms with Crippen LogP contribution in [0.15, 0.2) is 11.6 Å². The zero-order chi connectivity index (χ0) is 10.6. The Morgan fingerprint density at radius 1 is 1.71 bits per heavy atom. The normalized spacial score (nSPS) is 22.3. The zero-order valence-corrected chi connectivity index (χ0v) is 9.22. The molecular formula is C10H16ClNO2. The lowest BCUT2D eigenvalue weighted by Crippen LogP contribution is -2.37. The van der Waals surface area contributed by atoms with Gasteiger partial charge >= 0.3 is 5.97 Å². The zero-order valence-electron chi connectivity index (χ0n) is 8.46. The minimum Gasteiger partial charge on any atom is -0.465 e. The molecule has 1 aliphatic rings. The van der Waals surface area contributed by atoms with Gasteiger partial charge in [0, 0.05) is 11.6 Å². The summed E-state index contributed by atoms with van der Waals surface area (Å²) in [5.74, 6) is -0.136. The number of ether oxygens (including phenoxy) is 1. The lowest BCUT2D eigenvalue weighted by Gasteiger charge is -2.21. The Labute approximate surface area is 89.7 Å². The molecule has 14 heavy (non-hydrogen) atoms. The highest BCUT2D eigenvalue weighted by molar-refractivity contribution is 6.29. The van der Waals surface area contributed by atoms with Gasteiger partial charge in [-0.15, -0.1) is 0 Å². The summed E-state index contributed by atoms with van der Waals surface area (Å²) < 4.78 is 4.98. The summed E-state index contributed by atoms with van der Waals surface area (Å²) in [6.45, 7) is 7.36. The first-order valence-electron chi connectivity index (χ1n) is 4.89. The van der Waals surface area contributed by atoms with Crippen molar-refractivity contribution in [2.45, 2.75) is 25.8 Å². The summed E-state index contributed by atoms with van der Waals surface area (Å²) in [6.07, 6.45) is 1.89. The Hall–Kier alpha value is -0.540. The number of esters is 1. The minimum atomic E-state index is -0.136. The Morgan fingerprint density at radius 2 is 2.43 bits per heavy atom. The molecular weight excluding hydrogens is 202 g/mol. The molecule has 0 N–H and O–H groups in total. The van der Waals surface area contributed by atoms with E-state index in [9.17, 15) is 4.79 Å². The van der Waals surface area contributed by atoms with Crippen LogP contribution in [0.5, 0.6) is 0 Å². The number of likely N-dealkylation sites (tertiary alicyclic amines) is 1. The topological polar surface area (TPSA) is 29.5 Å². The molecule has 4 heteroatoms. The second-order valence-electron chi connectivity index (χ2n) is 3.40. The van der Waals surface area contributed by atoms with Gasteiger partial charge in [-0.1, -0.05) is 18.2 Å². The van der Waals surface area contributed by atoms with E-state index in [0.717, 1.165) is 19.4 Å². The van der Waals surface area contributed by atoms with Gasteiger partial charge in [0.2, 0.25) is 0 Å². The van der Waals surface area contributed by atoms with E-state index < -0.39 is 0 Å². The fourth-order valence-corrected chi connectivity index (χ4v) is 1.89. The summed E-state index contributed by atoms with van der Waals surface area (Å²) in [5, 5.41) is 0.571. The van der Waals surface area contributed by atoms with Crippen LogP contribution in [0.25, 0.3) is 0 Å². The standard InChI is InChI=1S/C10H16ClNO2/c1-3-14-10(13)9-5-4-6-12(9)7-8(2)11/h9H,2-7H2,1H3. The Balaban J connectivity index is 2.50. The summed E-state index contributed by atoms with van der Waals surface area (Å²) in [5.41, 5.74) is 0. The highest BCUT2D eigenvalue weighted by Gasteiger charge is 2.31. The Kier molecular flexibility index (Phi) is 4.42. The molecule has 0 radical (unpaired) electrons. The first-order chi connectivity index (χ1) is 6.65. The average molecular weight is 218 g/mol. The lowest BCUT2D eigenvalue weighted by atomic mass is 10.2. The number of hydrogen-bond acceptors (Lipinski definition) is 3. The van der Waals surface area contributed by atoms with Crippen molar-refractivity contribution in [1.82, 2.24) is 4.90 Å². The molecule has 1 atom stereocenters. The van der Waals surface area contributed by atoms with Crippen LogP contribution in [0.3, 0.4) is 0 Å². The van der Waals surface area contributed by atoms with E-state index in [-0.39, 0.29) is 12.0 Å². The van der Waals surface area contributed by atoms with Crippen molar-refractivity contribution in [2.75, 3.05) is 19.7 Å². The van der Waals surface area contributed by atoms with Gasteiger partial charge in [0.25, 0.3) is 0 Å². The predicted octanol–water partition coefficient (Wildman–Crippen LogP) is 1.77. The van der Waals surface area contributed by atoms with E-state index in [2.05, 4.69) is 6.58 Å². The quantitative estimate of drug-likeness (QED) is 0.673. The third-order valence-corrected chi connectivity index (χ3v) is 2.42. The van der Waals surface area contributed by atoms with Gasteiger partial charge in [0.15, 0.2) is 0 Å². The van der Waals surface area contributed by atoms with Crippen LogP contribution in [0.1, 0.15) is 19.8 Å². The Morgan fingerprint density at radius 3 is 3.00 bits per heavy atom. The van der Waals surface area contributed by atoms with Gasteiger partial charge in [-0.05, 0) is 26.3 Å². The largest absolute Gasteiger partial charge is 0.465 e. The number of hydrogen-bond donors (Lipinski definition) is 0. The van der Waals surface area contributed by atoms with Crippen molar-refractivity contribution < 1.29 is 9.53 Å². The molecule has 3 nitrogen and oxygen atoms in total. The van der Waals surface area contributed by atoms with Crippen molar-refractivity contribution in [3.63, 3.8) is 0 Å². The smallest absolute Gasteiger partial charge is 0.323 e. The summed E-state index contributed by atoms with van der Waals surface area (Å²) >= 11 is 5.72. The minimum absolute atomic E-state index is 0.120. The summed E-state index contributed by atoms with van der Waals surface area (Å²) in [6, 6.07) is -0.120. The first kappa shape index (κ1) is 11.5. The summed E-state index contributed by atoms with van der Waals surface area (Å²) in [7, 11) is 0. The maximum atomic E-state index is 11.5. The van der Waals surface area contributed by atoms with Crippen molar-refractivity contribution in [2.24, 2.45) is 0 Å². The van der Waals surface area contributed by atoms with E-state index >= 15 is 0 Å². The molecule has 0 aliphatic carbocycles. The highest BCUT2D eigenvalue weighted by atomic mass is 35.5. The van der Waals surface area contributed by atoms with Crippen LogP contribution in [0.2, 0.25) is 0 Å². The fraction of sp³-hybridized carbons (Fsp3) is 0.700. The molecule has 0 bridgehead atoms. The maximum Gasteiger partial charge on any atom is 0.323 e. The van der Waals surface area contributed by atoms with Crippen LogP contribution in [0, 0.1) is 0 Å². The van der Waals surface area contributed by atoms with Crippen molar-refractivity contribution >= 4 is 17.6 Å². The molecule has 0 aromatic heterocycles. The van der Waals surface area contributed by atoms with Crippen LogP contribution >= 0.6 is 11.6 Å². The molecule has 0 spiro atoms. The van der Waals surface area contributed by atoms with Gasteiger partial charge < -0.3 is 4.74 Å². The molecule has 0 aromatic carbocycles. The molecule has 1 rings (SSSR count). The number of halogens is 1. The molecule has 1 fully saturated rings. The molecule has 80 valence electrons. The Bertz CT molecular complexity index is 230. The maximum absolute atomic E-state index is 11.5. The number of carbonyl (C=O) groups is 1. The molecule has 1 heterocycles. The summed E-state index contributed by atoms with van der Waals surface area (Å²) in [4.78, 5) is 13.5. The number of rotatable bonds is 4. The van der Waals surface area contributed by atoms with E-state index in [0.29, 0.717) is 18.2 Å². The fourth-order valence-electron chi connectivity index (χ4n) is 1.74. The van der Waals surface area contributed by atoms with E-state index in [1.54, 1.807) is 0 Å². The molecule has 0 saturated carbocycles. The van der Waals surface area contributed by atoms with Gasteiger partial charge in [-0.3, -0.25) is 9.69 Å². The van der Waals surface area contributed by atoms with Crippen LogP contribution in [-0.2, 0) is 9.53 Å². The van der Waals surface area contributed by atoms with E-state index in [1.807, 2.05) is 11.8 Å². The van der Waals surface area contributed by atoms with Crippen LogP contribution in [0.4, 0.5) is 0 Å². The van der Waals surface area contributed by atoms with E-state index in [4.69, 9.17) is 16.3 Å². The molecule has 1 saturated heterocycles. The van der Waals surface area contributed by atoms with Gasteiger partial charge in [0.1, 0.15) is 6.04 Å². The van der Waals surface area contributed by atoms with Crippen LogP contribution in [-0.4, -0.2) is 36.6 Å². The second-order valence-corrected chi connectivity index (χ2v) is 3.93. The van der Waals surface area contributed by atoms with Crippen molar-refractivity contribution in [3.05, 3.63) is 11.6 Å². The molecule has 0 aromatic rings. The second kappa shape index (κ2) is 5.37. The third-order valence-electron chi connectivity index (χ3n) is 2.30. The van der Waals surface area contributed by atoms with Gasteiger partial charge in [-0.25, -0.2) is 0 Å². The number of carbonyl (C=O) groups excluding carboxylic acids is 1. The van der Waals surface area contributed by atoms with Crippen LogP contribution < -0.4 is 0 Å². The molecule has 1 unspecified atom stereocenters. The van der Waals surface area contributed by atoms with Crippen molar-refractivity contribution in [1.29, 1.82) is 0 Å². The van der Waals surface area contributed by atoms with Gasteiger partial charge in [0.05, 0.1) is 6.61 Å². The van der Waals surface area contributed by atoms with Gasteiger partial charge in [-0.2, -0.15) is 0 Å². The highest BCUT2D eigenvalue weighted by Crippen LogP contribution is 2.20. The molecule has 1 aliphatic heterocycles. The van der Waals surface area contributed by atoms with Crippen molar-refractivity contribution in [3.8, 4) is 0 Å². The molecule has 0 amide bonds. The first-order valence-corrected chi connectivity index (χ1v) is 5.27.